The molecule has 0 fully saturated rings. The van der Waals surface area contributed by atoms with Crippen LogP contribution in [0.15, 0.2) is 42.5 Å². The summed E-state index contributed by atoms with van der Waals surface area (Å²) < 4.78 is 56.7. The lowest BCUT2D eigenvalue weighted by molar-refractivity contribution is -0.137. The smallest absolute Gasteiger partial charge is 0.418 e. The predicted octanol–water partition coefficient (Wildman–Crippen LogP) is 3.61. The highest BCUT2D eigenvalue weighted by Gasteiger charge is 2.33. The van der Waals surface area contributed by atoms with Crippen molar-refractivity contribution in [2.45, 2.75) is 6.18 Å². The van der Waals surface area contributed by atoms with Crippen LogP contribution < -0.4 is 15.6 Å². The molecule has 2 N–H and O–H groups in total. The number of nitrogens with one attached hydrogen (secondary N) is 2. The molecule has 0 radical (unpaired) electrons. The number of anilines is 1. The number of hydrogen-bond acceptors (Lipinski definition) is 3. The van der Waals surface area contributed by atoms with Gasteiger partial charge in [-0.1, -0.05) is 12.1 Å². The summed E-state index contributed by atoms with van der Waals surface area (Å²) in [5, 5.41) is 0. The van der Waals surface area contributed by atoms with Crippen LogP contribution in [-0.2, 0) is 6.18 Å². The Labute approximate surface area is 129 Å². The summed E-state index contributed by atoms with van der Waals surface area (Å²) in [5.74, 6) is -1.42. The van der Waals surface area contributed by atoms with E-state index >= 15 is 0 Å². The SMILES string of the molecule is COc1ccc(F)cc1C(=O)NNc1ccccc1C(F)(F)F. The second-order valence-corrected chi connectivity index (χ2v) is 4.47. The van der Waals surface area contributed by atoms with E-state index in [4.69, 9.17) is 4.74 Å². The van der Waals surface area contributed by atoms with Crippen LogP contribution in [0.3, 0.4) is 0 Å². The molecular formula is C15H12F4N2O2. The van der Waals surface area contributed by atoms with Crippen molar-refractivity contribution in [2.24, 2.45) is 0 Å². The molecule has 0 aromatic heterocycles. The van der Waals surface area contributed by atoms with Crippen molar-refractivity contribution in [3.63, 3.8) is 0 Å². The van der Waals surface area contributed by atoms with E-state index in [1.165, 1.54) is 25.3 Å². The zero-order valence-corrected chi connectivity index (χ0v) is 11.9. The minimum Gasteiger partial charge on any atom is -0.496 e. The van der Waals surface area contributed by atoms with Crippen molar-refractivity contribution >= 4 is 11.6 Å². The normalized spacial score (nSPS) is 11.0. The van der Waals surface area contributed by atoms with E-state index in [1.54, 1.807) is 0 Å². The van der Waals surface area contributed by atoms with Crippen LogP contribution in [0, 0.1) is 5.82 Å². The second kappa shape index (κ2) is 6.55. The highest BCUT2D eigenvalue weighted by atomic mass is 19.4. The molecule has 4 nitrogen and oxygen atoms in total. The van der Waals surface area contributed by atoms with Gasteiger partial charge in [0.25, 0.3) is 5.91 Å². The van der Waals surface area contributed by atoms with Gasteiger partial charge >= 0.3 is 6.18 Å². The number of hydrazine groups is 1. The second-order valence-electron chi connectivity index (χ2n) is 4.47. The molecule has 0 saturated carbocycles. The number of benzene rings is 2. The zero-order valence-electron chi connectivity index (χ0n) is 11.9. The first-order valence-corrected chi connectivity index (χ1v) is 6.39. The third-order valence-electron chi connectivity index (χ3n) is 2.95. The Bertz CT molecular complexity index is 717. The maximum atomic E-state index is 13.2. The van der Waals surface area contributed by atoms with E-state index in [0.717, 1.165) is 24.3 Å². The zero-order chi connectivity index (χ0) is 17.0. The molecule has 8 heteroatoms. The van der Waals surface area contributed by atoms with E-state index in [0.29, 0.717) is 0 Å². The lowest BCUT2D eigenvalue weighted by Crippen LogP contribution is -2.31. The van der Waals surface area contributed by atoms with E-state index < -0.39 is 23.5 Å². The minimum absolute atomic E-state index is 0.0924. The third-order valence-corrected chi connectivity index (χ3v) is 2.95. The van der Waals surface area contributed by atoms with Crippen molar-refractivity contribution in [3.8, 4) is 5.75 Å². The number of halogens is 4. The third kappa shape index (κ3) is 3.91. The number of carbonyl (C=O) groups is 1. The molecule has 2 rings (SSSR count). The van der Waals surface area contributed by atoms with E-state index in [1.807, 2.05) is 0 Å². The van der Waals surface area contributed by atoms with Crippen molar-refractivity contribution in [3.05, 3.63) is 59.4 Å². The standard InChI is InChI=1S/C15H12F4N2O2/c1-23-13-7-6-9(16)8-10(13)14(22)21-20-12-5-3-2-4-11(12)15(17,18)19/h2-8,20H,1H3,(H,21,22). The molecule has 0 spiro atoms. The van der Waals surface area contributed by atoms with E-state index in [9.17, 15) is 22.4 Å². The molecule has 2 aromatic carbocycles. The lowest BCUT2D eigenvalue weighted by Gasteiger charge is -2.15. The average molecular weight is 328 g/mol. The molecule has 23 heavy (non-hydrogen) atoms. The number of alkyl halides is 3. The topological polar surface area (TPSA) is 50.4 Å². The molecule has 2 aromatic rings. The molecule has 0 atom stereocenters. The Kier molecular flexibility index (Phi) is 4.73. The summed E-state index contributed by atoms with van der Waals surface area (Å²) in [6.45, 7) is 0. The Balaban J connectivity index is 2.19. The Morgan fingerprint density at radius 3 is 2.48 bits per heavy atom. The van der Waals surface area contributed by atoms with Gasteiger partial charge in [0.2, 0.25) is 0 Å². The molecule has 0 heterocycles. The average Bonchev–Trinajstić information content (AvgIpc) is 2.52. The predicted molar refractivity (Wildman–Crippen MR) is 75.5 cm³/mol. The number of carbonyl (C=O) groups excluding carboxylic acids is 1. The number of ether oxygens (including phenoxy) is 1. The minimum atomic E-state index is -4.58. The van der Waals surface area contributed by atoms with Crippen molar-refractivity contribution in [2.75, 3.05) is 12.5 Å². The molecule has 1 amide bonds. The lowest BCUT2D eigenvalue weighted by atomic mass is 10.1. The monoisotopic (exact) mass is 328 g/mol. The molecule has 0 saturated heterocycles. The van der Waals surface area contributed by atoms with Gasteiger partial charge in [0, 0.05) is 0 Å². The van der Waals surface area contributed by atoms with Gasteiger partial charge in [0.05, 0.1) is 23.9 Å². The van der Waals surface area contributed by atoms with Crippen LogP contribution in [0.1, 0.15) is 15.9 Å². The van der Waals surface area contributed by atoms with E-state index in [-0.39, 0.29) is 17.0 Å². The first-order chi connectivity index (χ1) is 10.8. The van der Waals surface area contributed by atoms with Crippen molar-refractivity contribution < 1.29 is 27.1 Å². The van der Waals surface area contributed by atoms with Crippen LogP contribution in [0.4, 0.5) is 23.2 Å². The molecule has 0 bridgehead atoms. The number of rotatable bonds is 4. The number of para-hydroxylation sites is 1. The maximum absolute atomic E-state index is 13.2. The molecule has 0 unspecified atom stereocenters. The molecule has 122 valence electrons. The summed E-state index contributed by atoms with van der Waals surface area (Å²) in [6.07, 6.45) is -4.58. The largest absolute Gasteiger partial charge is 0.496 e. The Morgan fingerprint density at radius 1 is 1.13 bits per heavy atom. The summed E-state index contributed by atoms with van der Waals surface area (Å²) in [5.41, 5.74) is 2.87. The van der Waals surface area contributed by atoms with Crippen LogP contribution >= 0.6 is 0 Å². The number of amides is 1. The van der Waals surface area contributed by atoms with Gasteiger partial charge in [0.1, 0.15) is 11.6 Å². The van der Waals surface area contributed by atoms with Gasteiger partial charge in [0.15, 0.2) is 0 Å². The first kappa shape index (κ1) is 16.6. The van der Waals surface area contributed by atoms with Crippen molar-refractivity contribution in [1.82, 2.24) is 5.43 Å². The van der Waals surface area contributed by atoms with Gasteiger partial charge in [-0.2, -0.15) is 13.2 Å². The van der Waals surface area contributed by atoms with E-state index in [2.05, 4.69) is 10.9 Å². The Morgan fingerprint density at radius 2 is 1.83 bits per heavy atom. The highest BCUT2D eigenvalue weighted by molar-refractivity contribution is 5.97. The molecule has 0 aliphatic heterocycles. The quantitative estimate of drug-likeness (QED) is 0.666. The fourth-order valence-corrected chi connectivity index (χ4v) is 1.89. The van der Waals surface area contributed by atoms with Gasteiger partial charge in [-0.05, 0) is 30.3 Å². The van der Waals surface area contributed by atoms with Crippen LogP contribution in [0.2, 0.25) is 0 Å². The van der Waals surface area contributed by atoms with Gasteiger partial charge in [-0.25, -0.2) is 4.39 Å². The van der Waals surface area contributed by atoms with Gasteiger partial charge < -0.3 is 4.74 Å². The summed E-state index contributed by atoms with van der Waals surface area (Å²) >= 11 is 0. The number of methoxy groups -OCH3 is 1. The van der Waals surface area contributed by atoms with Gasteiger partial charge in [-0.15, -0.1) is 0 Å². The molecular weight excluding hydrogens is 316 g/mol. The van der Waals surface area contributed by atoms with Crippen LogP contribution in [0.5, 0.6) is 5.75 Å². The molecule has 0 aliphatic rings. The summed E-state index contributed by atoms with van der Waals surface area (Å²) in [7, 11) is 1.29. The van der Waals surface area contributed by atoms with Crippen molar-refractivity contribution in [1.29, 1.82) is 0 Å². The highest BCUT2D eigenvalue weighted by Crippen LogP contribution is 2.34. The maximum Gasteiger partial charge on any atom is 0.418 e. The fourth-order valence-electron chi connectivity index (χ4n) is 1.89. The summed E-state index contributed by atoms with van der Waals surface area (Å²) in [4.78, 5) is 12.0. The van der Waals surface area contributed by atoms with Crippen LogP contribution in [0.25, 0.3) is 0 Å². The van der Waals surface area contributed by atoms with Gasteiger partial charge in [-0.3, -0.25) is 15.6 Å². The Hall–Kier alpha value is -2.77. The molecule has 0 aliphatic carbocycles. The fraction of sp³-hybridized carbons (Fsp3) is 0.133. The number of hydrogen-bond donors (Lipinski definition) is 2. The first-order valence-electron chi connectivity index (χ1n) is 6.39. The summed E-state index contributed by atoms with van der Waals surface area (Å²) in [6, 6.07) is 7.91. The van der Waals surface area contributed by atoms with Crippen LogP contribution in [-0.4, -0.2) is 13.0 Å².